The predicted octanol–water partition coefficient (Wildman–Crippen LogP) is 0.749. The van der Waals surface area contributed by atoms with Crippen LogP contribution in [0.25, 0.3) is 0 Å². The van der Waals surface area contributed by atoms with Gasteiger partial charge in [0.2, 0.25) is 11.8 Å². The Morgan fingerprint density at radius 2 is 2.21 bits per heavy atom. The number of nitrogens with zero attached hydrogens (tertiary/aromatic N) is 2. The molecule has 2 heterocycles. The number of aromatic nitrogens is 2. The van der Waals surface area contributed by atoms with Crippen LogP contribution in [0.1, 0.15) is 45.3 Å². The highest BCUT2D eigenvalue weighted by Crippen LogP contribution is 2.20. The molecule has 0 bridgehead atoms. The molecule has 1 fully saturated rings. The Hall–Kier alpha value is -1.69. The summed E-state index contributed by atoms with van der Waals surface area (Å²) in [6.07, 6.45) is 4.31. The molecule has 1 aromatic rings. The summed E-state index contributed by atoms with van der Waals surface area (Å²) < 4.78 is 1.85. The van der Waals surface area contributed by atoms with E-state index in [1.165, 1.54) is 0 Å². The van der Waals surface area contributed by atoms with Crippen molar-refractivity contribution in [2.45, 2.75) is 51.7 Å². The molecule has 2 N–H and O–H groups in total. The van der Waals surface area contributed by atoms with Gasteiger partial charge in [-0.3, -0.25) is 14.9 Å². The SMILES string of the molecule is CC(C)(C)NCc1cncn1C1CCC(=O)NC1=O. The molecule has 0 aliphatic carbocycles. The first-order valence-corrected chi connectivity index (χ1v) is 6.46. The van der Waals surface area contributed by atoms with Crippen LogP contribution in [-0.2, 0) is 16.1 Å². The standard InChI is InChI=1S/C13H20N4O2/c1-13(2,3)15-7-9-6-14-8-17(9)10-4-5-11(18)16-12(10)19/h6,8,10,15H,4-5,7H2,1-3H3,(H,16,18,19). The zero-order valence-electron chi connectivity index (χ0n) is 11.6. The van der Waals surface area contributed by atoms with E-state index in [0.29, 0.717) is 19.4 Å². The molecule has 104 valence electrons. The van der Waals surface area contributed by atoms with Crippen molar-refractivity contribution in [3.8, 4) is 0 Å². The third-order valence-corrected chi connectivity index (χ3v) is 3.09. The first-order chi connectivity index (χ1) is 8.87. The average Bonchev–Trinajstić information content (AvgIpc) is 2.73. The average molecular weight is 264 g/mol. The molecule has 6 heteroatoms. The van der Waals surface area contributed by atoms with Gasteiger partial charge in [0.25, 0.3) is 0 Å². The normalized spacial score (nSPS) is 20.5. The van der Waals surface area contributed by atoms with Crippen molar-refractivity contribution in [2.75, 3.05) is 0 Å². The number of imidazole rings is 1. The molecule has 1 unspecified atom stereocenters. The highest BCUT2D eigenvalue weighted by Gasteiger charge is 2.29. The van der Waals surface area contributed by atoms with E-state index in [1.807, 2.05) is 4.57 Å². The molecule has 2 amide bonds. The lowest BCUT2D eigenvalue weighted by Gasteiger charge is -2.25. The van der Waals surface area contributed by atoms with E-state index in [4.69, 9.17) is 0 Å². The number of hydrogen-bond donors (Lipinski definition) is 2. The van der Waals surface area contributed by atoms with E-state index in [0.717, 1.165) is 5.69 Å². The lowest BCUT2D eigenvalue weighted by molar-refractivity contribution is -0.135. The van der Waals surface area contributed by atoms with E-state index in [1.54, 1.807) is 12.5 Å². The van der Waals surface area contributed by atoms with Crippen LogP contribution in [0.5, 0.6) is 0 Å². The number of hydrogen-bond acceptors (Lipinski definition) is 4. The Morgan fingerprint density at radius 1 is 1.47 bits per heavy atom. The fraction of sp³-hybridized carbons (Fsp3) is 0.615. The monoisotopic (exact) mass is 264 g/mol. The summed E-state index contributed by atoms with van der Waals surface area (Å²) in [4.78, 5) is 27.1. The van der Waals surface area contributed by atoms with Gasteiger partial charge in [-0.25, -0.2) is 4.98 Å². The van der Waals surface area contributed by atoms with Gasteiger partial charge in [-0.1, -0.05) is 0 Å². The Kier molecular flexibility index (Phi) is 3.71. The van der Waals surface area contributed by atoms with E-state index >= 15 is 0 Å². The third-order valence-electron chi connectivity index (χ3n) is 3.09. The third kappa shape index (κ3) is 3.41. The van der Waals surface area contributed by atoms with Crippen LogP contribution in [0.4, 0.5) is 0 Å². The van der Waals surface area contributed by atoms with Crippen molar-refractivity contribution in [3.05, 3.63) is 18.2 Å². The topological polar surface area (TPSA) is 76.0 Å². The first kappa shape index (κ1) is 13.7. The maximum Gasteiger partial charge on any atom is 0.249 e. The number of carbonyl (C=O) groups is 2. The molecule has 1 saturated heterocycles. The molecule has 1 aliphatic rings. The van der Waals surface area contributed by atoms with Crippen LogP contribution in [0.15, 0.2) is 12.5 Å². The number of imide groups is 1. The minimum absolute atomic E-state index is 0.000109. The van der Waals surface area contributed by atoms with Gasteiger partial charge in [0.15, 0.2) is 0 Å². The molecule has 2 rings (SSSR count). The maximum absolute atomic E-state index is 11.9. The zero-order chi connectivity index (χ0) is 14.0. The fourth-order valence-electron chi connectivity index (χ4n) is 2.05. The Balaban J connectivity index is 2.11. The predicted molar refractivity (Wildman–Crippen MR) is 70.2 cm³/mol. The molecule has 1 aromatic heterocycles. The van der Waals surface area contributed by atoms with Gasteiger partial charge in [-0.15, -0.1) is 0 Å². The first-order valence-electron chi connectivity index (χ1n) is 6.46. The minimum Gasteiger partial charge on any atom is -0.321 e. The van der Waals surface area contributed by atoms with E-state index in [-0.39, 0.29) is 23.4 Å². The number of piperidine rings is 1. The second-order valence-corrected chi connectivity index (χ2v) is 5.86. The summed E-state index contributed by atoms with van der Waals surface area (Å²) in [6, 6.07) is -0.336. The van der Waals surface area contributed by atoms with Gasteiger partial charge >= 0.3 is 0 Å². The number of carbonyl (C=O) groups excluding carboxylic acids is 2. The molecule has 1 aliphatic heterocycles. The van der Waals surface area contributed by atoms with Crippen molar-refractivity contribution in [3.63, 3.8) is 0 Å². The van der Waals surface area contributed by atoms with E-state index < -0.39 is 0 Å². The summed E-state index contributed by atoms with van der Waals surface area (Å²) in [6.45, 7) is 6.89. The summed E-state index contributed by atoms with van der Waals surface area (Å²) in [5.41, 5.74) is 0.948. The summed E-state index contributed by atoms with van der Waals surface area (Å²) in [5, 5.41) is 5.74. The lowest BCUT2D eigenvalue weighted by atomic mass is 10.1. The molecule has 6 nitrogen and oxygen atoms in total. The van der Waals surface area contributed by atoms with Gasteiger partial charge in [-0.2, -0.15) is 0 Å². The second-order valence-electron chi connectivity index (χ2n) is 5.86. The molecular formula is C13H20N4O2. The van der Waals surface area contributed by atoms with Crippen LogP contribution < -0.4 is 10.6 Å². The Morgan fingerprint density at radius 3 is 2.84 bits per heavy atom. The number of nitrogens with one attached hydrogen (secondary N) is 2. The minimum atomic E-state index is -0.336. The molecular weight excluding hydrogens is 244 g/mol. The van der Waals surface area contributed by atoms with Crippen LogP contribution in [0, 0.1) is 0 Å². The molecule has 0 spiro atoms. The van der Waals surface area contributed by atoms with Gasteiger partial charge in [0.05, 0.1) is 12.0 Å². The molecule has 0 saturated carbocycles. The van der Waals surface area contributed by atoms with Gasteiger partial charge in [0.1, 0.15) is 6.04 Å². The van der Waals surface area contributed by atoms with Crippen LogP contribution in [0.2, 0.25) is 0 Å². The molecule has 19 heavy (non-hydrogen) atoms. The van der Waals surface area contributed by atoms with Crippen molar-refractivity contribution in [2.24, 2.45) is 0 Å². The maximum atomic E-state index is 11.9. The van der Waals surface area contributed by atoms with Gasteiger partial charge in [-0.05, 0) is 27.2 Å². The highest BCUT2D eigenvalue weighted by atomic mass is 16.2. The fourth-order valence-corrected chi connectivity index (χ4v) is 2.05. The van der Waals surface area contributed by atoms with Crippen LogP contribution in [-0.4, -0.2) is 26.9 Å². The highest BCUT2D eigenvalue weighted by molar-refractivity contribution is 5.99. The quantitative estimate of drug-likeness (QED) is 0.790. The van der Waals surface area contributed by atoms with Crippen molar-refractivity contribution in [1.29, 1.82) is 0 Å². The van der Waals surface area contributed by atoms with Crippen molar-refractivity contribution >= 4 is 11.8 Å². The molecule has 1 atom stereocenters. The number of rotatable bonds is 3. The smallest absolute Gasteiger partial charge is 0.249 e. The molecule has 0 radical (unpaired) electrons. The Bertz CT molecular complexity index is 487. The van der Waals surface area contributed by atoms with Crippen LogP contribution in [0.3, 0.4) is 0 Å². The second kappa shape index (κ2) is 5.13. The van der Waals surface area contributed by atoms with Gasteiger partial charge in [0, 0.05) is 24.7 Å². The largest absolute Gasteiger partial charge is 0.321 e. The van der Waals surface area contributed by atoms with Crippen molar-refractivity contribution in [1.82, 2.24) is 20.2 Å². The summed E-state index contributed by atoms with van der Waals surface area (Å²) in [7, 11) is 0. The Labute approximate surface area is 112 Å². The summed E-state index contributed by atoms with van der Waals surface area (Å²) >= 11 is 0. The van der Waals surface area contributed by atoms with E-state index in [9.17, 15) is 9.59 Å². The zero-order valence-corrected chi connectivity index (χ0v) is 11.6. The lowest BCUT2D eigenvalue weighted by Crippen LogP contribution is -2.42. The van der Waals surface area contributed by atoms with Crippen LogP contribution >= 0.6 is 0 Å². The summed E-state index contributed by atoms with van der Waals surface area (Å²) in [5.74, 6) is -0.443. The van der Waals surface area contributed by atoms with Gasteiger partial charge < -0.3 is 9.88 Å². The molecule has 0 aromatic carbocycles. The van der Waals surface area contributed by atoms with E-state index in [2.05, 4.69) is 36.4 Å². The van der Waals surface area contributed by atoms with Crippen molar-refractivity contribution < 1.29 is 9.59 Å². The number of amides is 2.